The first-order valence-corrected chi connectivity index (χ1v) is 8.89. The van der Waals surface area contributed by atoms with E-state index in [1.165, 1.54) is 0 Å². The van der Waals surface area contributed by atoms with Crippen molar-refractivity contribution in [3.8, 4) is 0 Å². The molecule has 3 aromatic heterocycles. The highest BCUT2D eigenvalue weighted by Gasteiger charge is 2.30. The minimum Gasteiger partial charge on any atom is -0.336 e. The average molecular weight is 354 g/mol. The van der Waals surface area contributed by atoms with Gasteiger partial charge in [0, 0.05) is 25.3 Å². The highest BCUT2D eigenvalue weighted by molar-refractivity contribution is 5.95. The largest absolute Gasteiger partial charge is 0.336 e. The van der Waals surface area contributed by atoms with Crippen LogP contribution in [-0.2, 0) is 6.42 Å². The molecule has 1 aliphatic rings. The first-order valence-electron chi connectivity index (χ1n) is 8.89. The predicted molar refractivity (Wildman–Crippen MR) is 98.2 cm³/mol. The molecule has 1 amide bonds. The van der Waals surface area contributed by atoms with Crippen LogP contribution in [0.3, 0.4) is 0 Å². The Morgan fingerprint density at radius 2 is 2.23 bits per heavy atom. The molecule has 8 nitrogen and oxygen atoms in total. The molecule has 0 aliphatic carbocycles. The number of pyridine rings is 1. The third kappa shape index (κ3) is 2.66. The van der Waals surface area contributed by atoms with Gasteiger partial charge < -0.3 is 15.6 Å². The van der Waals surface area contributed by atoms with Gasteiger partial charge in [-0.05, 0) is 30.9 Å². The van der Waals surface area contributed by atoms with Crippen LogP contribution in [-0.4, -0.2) is 49.3 Å². The van der Waals surface area contributed by atoms with E-state index in [2.05, 4.69) is 28.8 Å². The number of carbonyl (C=O) groups excluding carboxylic acids is 1. The predicted octanol–water partition coefficient (Wildman–Crippen LogP) is 0.942. The van der Waals surface area contributed by atoms with Crippen LogP contribution in [0.15, 0.2) is 23.1 Å². The lowest BCUT2D eigenvalue weighted by Crippen LogP contribution is -2.32. The second-order valence-electron chi connectivity index (χ2n) is 7.29. The first kappa shape index (κ1) is 16.7. The number of carbonyl (C=O) groups is 1. The fourth-order valence-corrected chi connectivity index (χ4v) is 3.55. The maximum Gasteiger partial charge on any atom is 0.292 e. The topological polar surface area (TPSA) is 109 Å². The summed E-state index contributed by atoms with van der Waals surface area (Å²) in [7, 11) is 0. The van der Waals surface area contributed by atoms with E-state index in [0.29, 0.717) is 42.3 Å². The summed E-state index contributed by atoms with van der Waals surface area (Å²) < 4.78 is 1.73. The molecule has 3 aromatic rings. The number of H-pyrrole nitrogens is 1. The summed E-state index contributed by atoms with van der Waals surface area (Å²) in [6.07, 6.45) is 3.07. The van der Waals surface area contributed by atoms with Gasteiger partial charge in [0.25, 0.3) is 11.5 Å². The van der Waals surface area contributed by atoms with E-state index in [9.17, 15) is 9.59 Å². The zero-order valence-electron chi connectivity index (χ0n) is 14.9. The summed E-state index contributed by atoms with van der Waals surface area (Å²) in [4.78, 5) is 39.0. The van der Waals surface area contributed by atoms with Crippen molar-refractivity contribution in [2.75, 3.05) is 13.1 Å². The lowest BCUT2D eigenvalue weighted by atomic mass is 10.1. The number of aromatic amines is 1. The van der Waals surface area contributed by atoms with Gasteiger partial charge in [0.2, 0.25) is 5.65 Å². The van der Waals surface area contributed by atoms with Crippen LogP contribution in [0.25, 0.3) is 16.8 Å². The summed E-state index contributed by atoms with van der Waals surface area (Å²) >= 11 is 0. The Bertz CT molecular complexity index is 1050. The van der Waals surface area contributed by atoms with E-state index in [1.807, 2.05) is 0 Å². The van der Waals surface area contributed by atoms with Crippen LogP contribution in [0.4, 0.5) is 0 Å². The minimum atomic E-state index is -0.326. The van der Waals surface area contributed by atoms with E-state index in [4.69, 9.17) is 5.73 Å². The normalized spacial score (nSPS) is 17.7. The van der Waals surface area contributed by atoms with Crippen LogP contribution in [0.1, 0.15) is 36.5 Å². The highest BCUT2D eigenvalue weighted by Crippen LogP contribution is 2.22. The standard InChI is InChI=1S/C18H22N6O2/c1-10(2)8-13-14(18(26)23-7-5-11(19)9-23)22-16-17(25)21-12-4-3-6-20-15(12)24(13)16/h3-4,6,10-11H,5,7-9,19H2,1-2H3,(H,21,25). The fraction of sp³-hybridized carbons (Fsp3) is 0.444. The Morgan fingerprint density at radius 1 is 1.42 bits per heavy atom. The van der Waals surface area contributed by atoms with Gasteiger partial charge in [0.1, 0.15) is 0 Å². The van der Waals surface area contributed by atoms with Crippen molar-refractivity contribution in [3.05, 3.63) is 40.1 Å². The number of nitrogens with one attached hydrogen (secondary N) is 1. The van der Waals surface area contributed by atoms with Crippen molar-refractivity contribution in [2.45, 2.75) is 32.7 Å². The molecular weight excluding hydrogens is 332 g/mol. The van der Waals surface area contributed by atoms with Gasteiger partial charge in [0.05, 0.1) is 11.2 Å². The molecule has 0 bridgehead atoms. The molecule has 3 N–H and O–H groups in total. The van der Waals surface area contributed by atoms with Gasteiger partial charge in [-0.15, -0.1) is 0 Å². The van der Waals surface area contributed by atoms with E-state index in [0.717, 1.165) is 12.1 Å². The number of amides is 1. The van der Waals surface area contributed by atoms with E-state index >= 15 is 0 Å². The number of aromatic nitrogens is 4. The molecule has 1 fully saturated rings. The van der Waals surface area contributed by atoms with Crippen LogP contribution >= 0.6 is 0 Å². The molecule has 0 saturated carbocycles. The molecule has 1 saturated heterocycles. The monoisotopic (exact) mass is 354 g/mol. The quantitative estimate of drug-likeness (QED) is 0.727. The number of fused-ring (bicyclic) bond motifs is 3. The van der Waals surface area contributed by atoms with Gasteiger partial charge in [-0.2, -0.15) is 0 Å². The summed E-state index contributed by atoms with van der Waals surface area (Å²) in [5.74, 6) is 0.126. The van der Waals surface area contributed by atoms with Crippen molar-refractivity contribution in [3.63, 3.8) is 0 Å². The first-order chi connectivity index (χ1) is 12.5. The zero-order valence-corrected chi connectivity index (χ0v) is 14.9. The number of likely N-dealkylation sites (tertiary alicyclic amines) is 1. The van der Waals surface area contributed by atoms with Crippen molar-refractivity contribution in [2.24, 2.45) is 11.7 Å². The van der Waals surface area contributed by atoms with Gasteiger partial charge in [-0.25, -0.2) is 9.97 Å². The van der Waals surface area contributed by atoms with Crippen LogP contribution in [0.2, 0.25) is 0 Å². The smallest absolute Gasteiger partial charge is 0.292 e. The summed E-state index contributed by atoms with van der Waals surface area (Å²) in [6, 6.07) is 3.56. The molecule has 1 unspecified atom stereocenters. The Kier molecular flexibility index (Phi) is 3.99. The second-order valence-corrected chi connectivity index (χ2v) is 7.29. The number of nitrogens with two attached hydrogens (primary N) is 1. The molecule has 1 aliphatic heterocycles. The van der Waals surface area contributed by atoms with E-state index in [-0.39, 0.29) is 23.2 Å². The van der Waals surface area contributed by atoms with Crippen LogP contribution in [0.5, 0.6) is 0 Å². The number of imidazole rings is 1. The van der Waals surface area contributed by atoms with Crippen LogP contribution in [0, 0.1) is 5.92 Å². The lowest BCUT2D eigenvalue weighted by molar-refractivity contribution is 0.0784. The molecule has 0 aromatic carbocycles. The Hall–Kier alpha value is -2.74. The summed E-state index contributed by atoms with van der Waals surface area (Å²) in [5.41, 5.74) is 8.11. The fourth-order valence-electron chi connectivity index (χ4n) is 3.55. The lowest BCUT2D eigenvalue weighted by Gasteiger charge is -2.16. The summed E-state index contributed by atoms with van der Waals surface area (Å²) in [5, 5.41) is 0. The van der Waals surface area contributed by atoms with Gasteiger partial charge in [-0.3, -0.25) is 14.0 Å². The maximum absolute atomic E-state index is 13.1. The van der Waals surface area contributed by atoms with Crippen LogP contribution < -0.4 is 11.3 Å². The molecule has 0 radical (unpaired) electrons. The van der Waals surface area contributed by atoms with Crippen molar-refractivity contribution in [1.29, 1.82) is 0 Å². The van der Waals surface area contributed by atoms with Crippen molar-refractivity contribution in [1.82, 2.24) is 24.3 Å². The zero-order chi connectivity index (χ0) is 18.4. The minimum absolute atomic E-state index is 0.00423. The molecule has 4 heterocycles. The average Bonchev–Trinajstić information content (AvgIpc) is 3.19. The SMILES string of the molecule is CC(C)Cc1c(C(=O)N2CCC(N)C2)nc2c(=O)[nH]c3cccnc3n12. The number of hydrogen-bond acceptors (Lipinski definition) is 5. The Labute approximate surface area is 150 Å². The van der Waals surface area contributed by atoms with Gasteiger partial charge >= 0.3 is 0 Å². The molecular formula is C18H22N6O2. The Morgan fingerprint density at radius 3 is 2.92 bits per heavy atom. The van der Waals surface area contributed by atoms with Crippen molar-refractivity contribution >= 4 is 22.7 Å². The Balaban J connectivity index is 1.98. The van der Waals surface area contributed by atoms with Gasteiger partial charge in [-0.1, -0.05) is 13.8 Å². The molecule has 4 rings (SSSR count). The molecule has 8 heteroatoms. The number of hydrogen-bond donors (Lipinski definition) is 2. The second kappa shape index (κ2) is 6.21. The maximum atomic E-state index is 13.1. The van der Waals surface area contributed by atoms with E-state index in [1.54, 1.807) is 27.6 Å². The molecule has 0 spiro atoms. The third-order valence-electron chi connectivity index (χ3n) is 4.74. The molecule has 1 atom stereocenters. The molecule has 136 valence electrons. The summed E-state index contributed by atoms with van der Waals surface area (Å²) in [6.45, 7) is 5.28. The highest BCUT2D eigenvalue weighted by atomic mass is 16.2. The molecule has 26 heavy (non-hydrogen) atoms. The third-order valence-corrected chi connectivity index (χ3v) is 4.74. The van der Waals surface area contributed by atoms with E-state index < -0.39 is 0 Å². The van der Waals surface area contributed by atoms with Gasteiger partial charge in [0.15, 0.2) is 11.3 Å². The number of nitrogens with zero attached hydrogens (tertiary/aromatic N) is 4. The van der Waals surface area contributed by atoms with Crippen molar-refractivity contribution < 1.29 is 4.79 Å². The number of rotatable bonds is 3.